The second-order valence-electron chi connectivity index (χ2n) is 9.98. The van der Waals surface area contributed by atoms with Crippen molar-refractivity contribution < 1.29 is 17.9 Å². The molecule has 1 amide bonds. The minimum atomic E-state index is -3.73. The van der Waals surface area contributed by atoms with Gasteiger partial charge in [0.05, 0.1) is 12.7 Å². The van der Waals surface area contributed by atoms with Crippen molar-refractivity contribution in [3.8, 4) is 5.75 Å². The Bertz CT molecular complexity index is 1360. The summed E-state index contributed by atoms with van der Waals surface area (Å²) >= 11 is 5.72. The lowest BCUT2D eigenvalue weighted by molar-refractivity contribution is 0.0932. The van der Waals surface area contributed by atoms with Crippen LogP contribution in [0.3, 0.4) is 0 Å². The lowest BCUT2D eigenvalue weighted by atomic mass is 9.68. The Morgan fingerprint density at radius 3 is 2.44 bits per heavy atom. The van der Waals surface area contributed by atoms with E-state index in [1.807, 2.05) is 24.3 Å². The summed E-state index contributed by atoms with van der Waals surface area (Å²) in [5, 5.41) is 6.28. The second kappa shape index (κ2) is 15.0. The Labute approximate surface area is 247 Å². The summed E-state index contributed by atoms with van der Waals surface area (Å²) in [6.45, 7) is 6.08. The average molecular weight is 603 g/mol. The number of allylic oxidation sites excluding steroid dienone is 3. The minimum absolute atomic E-state index is 0.117. The van der Waals surface area contributed by atoms with Gasteiger partial charge in [0.15, 0.2) is 5.96 Å². The summed E-state index contributed by atoms with van der Waals surface area (Å²) in [6, 6.07) is 16.9. The molecule has 2 aromatic rings. The molecule has 6 N–H and O–H groups in total. The first-order valence-corrected chi connectivity index (χ1v) is 15.2. The monoisotopic (exact) mass is 602 g/mol. The van der Waals surface area contributed by atoms with Crippen LogP contribution in [0.1, 0.15) is 48.5 Å². The highest BCUT2D eigenvalue weighted by Crippen LogP contribution is 2.39. The van der Waals surface area contributed by atoms with Crippen molar-refractivity contribution in [1.29, 1.82) is 0 Å². The third-order valence-corrected chi connectivity index (χ3v) is 8.31. The standard InChI is InChI=1S/C29H39ClN6O4S/c1-21(30)19-22(2)35-28(31)32-17-18-34-41(38,39)36-24-13-15-29(16-14-24,23-9-5-4-6-10-23)20-33-27(37)25-11-7-8-12-26(25)40-3/h4-12,19,24,34,36H,1,13-18,20H2,2-3H3,(H,33,37)(H3,31,32,35)/b22-19-/t24-,29-. The number of nitrogens with zero attached hydrogens (tertiary/aromatic N) is 1. The van der Waals surface area contributed by atoms with Gasteiger partial charge in [0.1, 0.15) is 5.75 Å². The third kappa shape index (κ3) is 9.89. The minimum Gasteiger partial charge on any atom is -0.496 e. The van der Waals surface area contributed by atoms with E-state index in [2.05, 4.69) is 43.8 Å². The van der Waals surface area contributed by atoms with Gasteiger partial charge >= 0.3 is 0 Å². The third-order valence-electron chi connectivity index (χ3n) is 6.98. The zero-order valence-electron chi connectivity index (χ0n) is 23.5. The first-order chi connectivity index (χ1) is 19.5. The fourth-order valence-corrected chi connectivity index (χ4v) is 6.24. The molecule has 41 heavy (non-hydrogen) atoms. The highest BCUT2D eigenvalue weighted by molar-refractivity contribution is 7.87. The molecule has 1 saturated carbocycles. The number of benzene rings is 2. The van der Waals surface area contributed by atoms with E-state index in [0.29, 0.717) is 54.3 Å². The van der Waals surface area contributed by atoms with Crippen LogP contribution in [0.5, 0.6) is 5.75 Å². The molecule has 0 radical (unpaired) electrons. The Kier molecular flexibility index (Phi) is 11.8. The van der Waals surface area contributed by atoms with Crippen molar-refractivity contribution in [2.75, 3.05) is 26.7 Å². The van der Waals surface area contributed by atoms with Crippen LogP contribution < -0.4 is 30.5 Å². The zero-order valence-corrected chi connectivity index (χ0v) is 25.0. The SMILES string of the molecule is C=C(Cl)/C=C(C)\N=C(/N)NCCNS(=O)(=O)N[C@H]1CC[C@](CNC(=O)c2ccccc2OC)(c2ccccc2)CC1. The molecule has 0 saturated heterocycles. The zero-order chi connectivity index (χ0) is 29.9. The molecule has 222 valence electrons. The predicted octanol–water partition coefficient (Wildman–Crippen LogP) is 3.29. The van der Waals surface area contributed by atoms with Crippen molar-refractivity contribution in [3.63, 3.8) is 0 Å². The number of ether oxygens (including phenoxy) is 1. The number of para-hydroxylation sites is 1. The Hall–Kier alpha value is -3.38. The maximum absolute atomic E-state index is 13.0. The number of nitrogens with one attached hydrogen (secondary N) is 4. The average Bonchev–Trinajstić information content (AvgIpc) is 2.94. The first kappa shape index (κ1) is 32.1. The molecule has 0 unspecified atom stereocenters. The molecule has 2 aromatic carbocycles. The van der Waals surface area contributed by atoms with Gasteiger partial charge in [-0.15, -0.1) is 0 Å². The summed E-state index contributed by atoms with van der Waals surface area (Å²) in [5.41, 5.74) is 7.65. The number of hydrogen-bond acceptors (Lipinski definition) is 5. The first-order valence-electron chi connectivity index (χ1n) is 13.4. The second-order valence-corrected chi connectivity index (χ2v) is 12.0. The fourth-order valence-electron chi connectivity index (χ4n) is 4.95. The van der Waals surface area contributed by atoms with Gasteiger partial charge in [0.2, 0.25) is 0 Å². The van der Waals surface area contributed by atoms with Crippen LogP contribution in [0.2, 0.25) is 0 Å². The summed E-state index contributed by atoms with van der Waals surface area (Å²) in [5.74, 6) is 0.449. The molecular weight excluding hydrogens is 564 g/mol. The maximum atomic E-state index is 13.0. The van der Waals surface area contributed by atoms with E-state index in [4.69, 9.17) is 22.1 Å². The number of halogens is 1. The molecule has 0 aromatic heterocycles. The van der Waals surface area contributed by atoms with E-state index in [1.54, 1.807) is 31.2 Å². The molecule has 0 aliphatic heterocycles. The Morgan fingerprint density at radius 2 is 1.78 bits per heavy atom. The van der Waals surface area contributed by atoms with Crippen molar-refractivity contribution >= 4 is 33.7 Å². The van der Waals surface area contributed by atoms with E-state index < -0.39 is 10.2 Å². The largest absolute Gasteiger partial charge is 0.496 e. The smallest absolute Gasteiger partial charge is 0.277 e. The molecule has 1 fully saturated rings. The maximum Gasteiger partial charge on any atom is 0.277 e. The molecular formula is C29H39ClN6O4S. The number of guanidine groups is 1. The summed E-state index contributed by atoms with van der Waals surface area (Å²) in [7, 11) is -2.20. The quantitative estimate of drug-likeness (QED) is 0.103. The van der Waals surface area contributed by atoms with Gasteiger partial charge in [-0.3, -0.25) is 4.79 Å². The van der Waals surface area contributed by atoms with Gasteiger partial charge in [-0.05, 0) is 56.4 Å². The number of hydrogen-bond donors (Lipinski definition) is 5. The summed E-state index contributed by atoms with van der Waals surface area (Å²) < 4.78 is 36.0. The molecule has 0 heterocycles. The lowest BCUT2D eigenvalue weighted by Crippen LogP contribution is -2.50. The highest BCUT2D eigenvalue weighted by Gasteiger charge is 2.38. The van der Waals surface area contributed by atoms with Gasteiger partial charge in [-0.25, -0.2) is 9.71 Å². The van der Waals surface area contributed by atoms with Crippen LogP contribution in [0, 0.1) is 0 Å². The van der Waals surface area contributed by atoms with Crippen LogP contribution in [-0.2, 0) is 15.6 Å². The van der Waals surface area contributed by atoms with Gasteiger partial charge in [0.25, 0.3) is 16.1 Å². The highest BCUT2D eigenvalue weighted by atomic mass is 35.5. The van der Waals surface area contributed by atoms with Crippen molar-refractivity contribution in [2.24, 2.45) is 10.7 Å². The van der Waals surface area contributed by atoms with E-state index in [1.165, 1.54) is 7.11 Å². The molecule has 10 nitrogen and oxygen atoms in total. The topological polar surface area (TPSA) is 147 Å². The van der Waals surface area contributed by atoms with Crippen molar-refractivity contribution in [1.82, 2.24) is 20.1 Å². The number of amides is 1. The predicted molar refractivity (Wildman–Crippen MR) is 164 cm³/mol. The van der Waals surface area contributed by atoms with Gasteiger partial charge in [-0.2, -0.15) is 13.1 Å². The molecule has 12 heteroatoms. The normalized spacial score (nSPS) is 19.8. The number of carbonyl (C=O) groups excluding carboxylic acids is 1. The summed E-state index contributed by atoms with van der Waals surface area (Å²) in [4.78, 5) is 17.1. The molecule has 0 atom stereocenters. The molecule has 0 spiro atoms. The van der Waals surface area contributed by atoms with Crippen LogP contribution in [-0.4, -0.2) is 53.1 Å². The van der Waals surface area contributed by atoms with Crippen LogP contribution in [0.4, 0.5) is 0 Å². The number of aliphatic imine (C=N–C) groups is 1. The Balaban J connectivity index is 1.56. The molecule has 1 aliphatic rings. The van der Waals surface area contributed by atoms with Crippen molar-refractivity contribution in [2.45, 2.75) is 44.1 Å². The number of rotatable bonds is 13. The van der Waals surface area contributed by atoms with E-state index in [0.717, 1.165) is 5.56 Å². The molecule has 3 rings (SSSR count). The van der Waals surface area contributed by atoms with E-state index in [9.17, 15) is 13.2 Å². The van der Waals surface area contributed by atoms with Gasteiger partial charge < -0.3 is 21.1 Å². The van der Waals surface area contributed by atoms with Crippen LogP contribution in [0.25, 0.3) is 0 Å². The van der Waals surface area contributed by atoms with E-state index in [-0.39, 0.29) is 36.4 Å². The van der Waals surface area contributed by atoms with E-state index >= 15 is 0 Å². The molecule has 1 aliphatic carbocycles. The number of carbonyl (C=O) groups is 1. The van der Waals surface area contributed by atoms with Crippen LogP contribution >= 0.6 is 11.6 Å². The molecule has 0 bridgehead atoms. The number of nitrogens with two attached hydrogens (primary N) is 1. The lowest BCUT2D eigenvalue weighted by Gasteiger charge is -2.41. The summed E-state index contributed by atoms with van der Waals surface area (Å²) in [6.07, 6.45) is 4.21. The van der Waals surface area contributed by atoms with Gasteiger partial charge in [-0.1, -0.05) is 60.6 Å². The fraction of sp³-hybridized carbons (Fsp3) is 0.379. The van der Waals surface area contributed by atoms with Gasteiger partial charge in [0, 0.05) is 41.8 Å². The van der Waals surface area contributed by atoms with Crippen LogP contribution in [0.15, 0.2) is 83.0 Å². The number of methoxy groups -OCH3 is 1. The Morgan fingerprint density at radius 1 is 1.12 bits per heavy atom. The van der Waals surface area contributed by atoms with Crippen molar-refractivity contribution in [3.05, 3.63) is 89.1 Å².